The molecule has 0 spiro atoms. The monoisotopic (exact) mass is 499 g/mol. The smallest absolute Gasteiger partial charge is 0.0929 e. The third-order valence-corrected chi connectivity index (χ3v) is 7.57. The summed E-state index contributed by atoms with van der Waals surface area (Å²) >= 11 is 0. The van der Waals surface area contributed by atoms with Crippen molar-refractivity contribution in [2.24, 2.45) is 4.99 Å². The SMILES string of the molecule is CCC1=C(CC)C2=NC1=Cc1[nH]c(c(CC)c1CC)C=C1C=CC=C(N1)c1cccc(n1)-c1cccc2n1. The molecule has 190 valence electrons. The van der Waals surface area contributed by atoms with Gasteiger partial charge >= 0.3 is 0 Å². The van der Waals surface area contributed by atoms with Crippen LogP contribution in [0.5, 0.6) is 0 Å². The lowest BCUT2D eigenvalue weighted by atomic mass is 9.97. The van der Waals surface area contributed by atoms with Crippen LogP contribution in [-0.2, 0) is 12.8 Å². The second-order valence-corrected chi connectivity index (χ2v) is 9.75. The molecule has 0 unspecified atom stereocenters. The number of H-pyrrole nitrogens is 1. The van der Waals surface area contributed by atoms with Crippen molar-refractivity contribution in [1.82, 2.24) is 20.3 Å². The molecule has 0 fully saturated rings. The van der Waals surface area contributed by atoms with Gasteiger partial charge in [-0.3, -0.25) is 0 Å². The first-order valence-corrected chi connectivity index (χ1v) is 13.7. The van der Waals surface area contributed by atoms with E-state index in [0.717, 1.165) is 82.6 Å². The van der Waals surface area contributed by atoms with E-state index in [1.165, 1.54) is 22.3 Å². The maximum atomic E-state index is 5.21. The fourth-order valence-electron chi connectivity index (χ4n) is 5.78. The van der Waals surface area contributed by atoms with Crippen LogP contribution in [0.1, 0.15) is 74.4 Å². The number of rotatable bonds is 4. The molecule has 0 amide bonds. The van der Waals surface area contributed by atoms with E-state index in [4.69, 9.17) is 15.0 Å². The third-order valence-electron chi connectivity index (χ3n) is 7.57. The molecule has 2 N–H and O–H groups in total. The summed E-state index contributed by atoms with van der Waals surface area (Å²) < 4.78 is 0. The summed E-state index contributed by atoms with van der Waals surface area (Å²) in [6, 6.07) is 12.3. The van der Waals surface area contributed by atoms with Gasteiger partial charge in [0.15, 0.2) is 0 Å². The van der Waals surface area contributed by atoms with E-state index in [1.807, 2.05) is 24.3 Å². The fraction of sp³-hybridized carbons (Fsp3) is 0.242. The number of nitrogens with one attached hydrogen (secondary N) is 2. The van der Waals surface area contributed by atoms with Gasteiger partial charge in [-0.2, -0.15) is 0 Å². The largest absolute Gasteiger partial charge is 0.355 e. The Hall–Kier alpha value is -4.25. The molecule has 0 aliphatic carbocycles. The van der Waals surface area contributed by atoms with E-state index in [9.17, 15) is 0 Å². The van der Waals surface area contributed by atoms with Gasteiger partial charge in [-0.05, 0) is 96.5 Å². The van der Waals surface area contributed by atoms with Crippen molar-refractivity contribution in [2.75, 3.05) is 0 Å². The van der Waals surface area contributed by atoms with E-state index in [-0.39, 0.29) is 0 Å². The Morgan fingerprint density at radius 1 is 0.684 bits per heavy atom. The summed E-state index contributed by atoms with van der Waals surface area (Å²) in [7, 11) is 0. The van der Waals surface area contributed by atoms with Crippen LogP contribution in [0.3, 0.4) is 0 Å². The maximum absolute atomic E-state index is 5.21. The summed E-state index contributed by atoms with van der Waals surface area (Å²) in [5.41, 5.74) is 15.1. The minimum atomic E-state index is 0.845. The zero-order valence-corrected chi connectivity index (χ0v) is 22.5. The summed E-state index contributed by atoms with van der Waals surface area (Å²) in [6.45, 7) is 8.90. The highest BCUT2D eigenvalue weighted by Gasteiger charge is 2.25. The van der Waals surface area contributed by atoms with Gasteiger partial charge in [0.05, 0.1) is 39.9 Å². The molecule has 5 nitrogen and oxygen atoms in total. The fourth-order valence-corrected chi connectivity index (χ4v) is 5.78. The van der Waals surface area contributed by atoms with Crippen molar-refractivity contribution in [3.8, 4) is 11.4 Å². The Morgan fingerprint density at radius 2 is 1.32 bits per heavy atom. The zero-order valence-electron chi connectivity index (χ0n) is 22.5. The van der Waals surface area contributed by atoms with Crippen LogP contribution in [0.15, 0.2) is 82.2 Å². The van der Waals surface area contributed by atoms with Gasteiger partial charge in [-0.1, -0.05) is 45.9 Å². The number of hydrogen-bond acceptors (Lipinski definition) is 4. The number of nitrogens with zero attached hydrogens (tertiary/aromatic N) is 3. The van der Waals surface area contributed by atoms with Gasteiger partial charge in [0, 0.05) is 17.1 Å². The van der Waals surface area contributed by atoms with Gasteiger partial charge in [-0.25, -0.2) is 15.0 Å². The highest BCUT2D eigenvalue weighted by molar-refractivity contribution is 6.15. The van der Waals surface area contributed by atoms with Gasteiger partial charge in [0.2, 0.25) is 0 Å². The van der Waals surface area contributed by atoms with E-state index in [0.29, 0.717) is 0 Å². The number of dihydropyridines is 1. The minimum absolute atomic E-state index is 0.845. The second-order valence-electron chi connectivity index (χ2n) is 9.75. The van der Waals surface area contributed by atoms with Crippen molar-refractivity contribution >= 4 is 23.6 Å². The summed E-state index contributed by atoms with van der Waals surface area (Å²) in [6.07, 6.45) is 14.5. The van der Waals surface area contributed by atoms with Crippen molar-refractivity contribution in [1.29, 1.82) is 0 Å². The lowest BCUT2D eigenvalue weighted by Crippen LogP contribution is -2.14. The molecule has 10 bridgehead atoms. The van der Waals surface area contributed by atoms with Gasteiger partial charge in [0.1, 0.15) is 0 Å². The number of allylic oxidation sites excluding steroid dienone is 5. The molecule has 3 aliphatic heterocycles. The topological polar surface area (TPSA) is 66.0 Å². The highest BCUT2D eigenvalue weighted by atomic mass is 14.9. The molecule has 0 atom stereocenters. The molecule has 6 rings (SSSR count). The molecule has 0 aromatic carbocycles. The molecule has 6 heterocycles. The van der Waals surface area contributed by atoms with Crippen LogP contribution >= 0.6 is 0 Å². The van der Waals surface area contributed by atoms with E-state index >= 15 is 0 Å². The number of pyridine rings is 2. The van der Waals surface area contributed by atoms with Crippen molar-refractivity contribution in [3.05, 3.63) is 111 Å². The number of aliphatic imine (C=N–C) groups is 1. The number of hydrogen-bond donors (Lipinski definition) is 2. The first-order chi connectivity index (χ1) is 18.6. The first-order valence-electron chi connectivity index (χ1n) is 13.7. The molecule has 3 aromatic rings. The Balaban J connectivity index is 1.64. The van der Waals surface area contributed by atoms with Crippen molar-refractivity contribution in [2.45, 2.75) is 53.4 Å². The molecule has 5 heteroatoms. The predicted octanol–water partition coefficient (Wildman–Crippen LogP) is 7.41. The molecule has 0 saturated carbocycles. The first kappa shape index (κ1) is 24.1. The summed E-state index contributed by atoms with van der Waals surface area (Å²) in [5.74, 6) is 0. The molecular weight excluding hydrogens is 466 g/mol. The molecule has 3 aromatic heterocycles. The molecule has 0 saturated heterocycles. The van der Waals surface area contributed by atoms with Crippen LogP contribution < -0.4 is 5.32 Å². The molecule has 0 radical (unpaired) electrons. The van der Waals surface area contributed by atoms with Crippen LogP contribution in [0.2, 0.25) is 0 Å². The normalized spacial score (nSPS) is 15.9. The Morgan fingerprint density at radius 3 is 2.00 bits per heavy atom. The highest BCUT2D eigenvalue weighted by Crippen LogP contribution is 2.35. The summed E-state index contributed by atoms with van der Waals surface area (Å²) in [4.78, 5) is 19.0. The van der Waals surface area contributed by atoms with Crippen LogP contribution in [0.4, 0.5) is 0 Å². The third kappa shape index (κ3) is 4.08. The lowest BCUT2D eigenvalue weighted by Gasteiger charge is -2.16. The number of aromatic amines is 1. The van der Waals surface area contributed by atoms with E-state index in [2.05, 4.69) is 80.5 Å². The van der Waals surface area contributed by atoms with Gasteiger partial charge in [0.25, 0.3) is 0 Å². The Labute approximate surface area is 224 Å². The number of fused-ring (bicyclic) bond motifs is 12. The molecular formula is C33H33N5. The molecule has 3 aliphatic rings. The van der Waals surface area contributed by atoms with Gasteiger partial charge in [-0.15, -0.1) is 0 Å². The second kappa shape index (κ2) is 9.90. The van der Waals surface area contributed by atoms with Crippen molar-refractivity contribution < 1.29 is 0 Å². The lowest BCUT2D eigenvalue weighted by molar-refractivity contribution is 1.04. The standard InChI is InChI=1S/C33H33N5/c1-5-21-22(6-2)31-19-32-23(7-3)24(8-4)33(38-32)29-17-11-16-28(36-29)27-15-10-14-26(35-27)25-13-9-12-20(34-25)18-30(21)37-31/h9-19,34,37H,5-8H2,1-4H3. The van der Waals surface area contributed by atoms with E-state index < -0.39 is 0 Å². The van der Waals surface area contributed by atoms with Crippen LogP contribution in [0, 0.1) is 0 Å². The maximum Gasteiger partial charge on any atom is 0.0929 e. The number of aromatic nitrogens is 3. The average Bonchev–Trinajstić information content (AvgIpc) is 3.49. The van der Waals surface area contributed by atoms with Crippen LogP contribution in [0.25, 0.3) is 29.2 Å². The zero-order chi connectivity index (χ0) is 26.2. The quantitative estimate of drug-likeness (QED) is 0.393. The minimum Gasteiger partial charge on any atom is -0.355 e. The Kier molecular flexibility index (Phi) is 6.28. The summed E-state index contributed by atoms with van der Waals surface area (Å²) in [5, 5.41) is 3.59. The average molecular weight is 500 g/mol. The predicted molar refractivity (Wildman–Crippen MR) is 157 cm³/mol. The Bertz CT molecular complexity index is 1620. The van der Waals surface area contributed by atoms with E-state index in [1.54, 1.807) is 0 Å². The van der Waals surface area contributed by atoms with Crippen molar-refractivity contribution in [3.63, 3.8) is 0 Å². The van der Waals surface area contributed by atoms with Crippen LogP contribution in [-0.4, -0.2) is 20.7 Å². The molecule has 38 heavy (non-hydrogen) atoms. The van der Waals surface area contributed by atoms with Gasteiger partial charge < -0.3 is 10.3 Å².